The van der Waals surface area contributed by atoms with Gasteiger partial charge in [0.2, 0.25) is 0 Å². The summed E-state index contributed by atoms with van der Waals surface area (Å²) in [7, 11) is 1.50. The van der Waals surface area contributed by atoms with Crippen LogP contribution in [0.15, 0.2) is 36.4 Å². The Hall–Kier alpha value is -1.72. The van der Waals surface area contributed by atoms with Crippen molar-refractivity contribution in [3.8, 4) is 16.9 Å². The lowest BCUT2D eigenvalue weighted by molar-refractivity contribution is -0.137. The third-order valence-corrected chi connectivity index (χ3v) is 3.83. The summed E-state index contributed by atoms with van der Waals surface area (Å²) in [6.07, 6.45) is -2.55. The molecule has 0 aromatic heterocycles. The minimum absolute atomic E-state index is 0.0763. The second-order valence-electron chi connectivity index (χ2n) is 4.94. The number of ether oxygens (including phenoxy) is 1. The van der Waals surface area contributed by atoms with Gasteiger partial charge in [-0.25, -0.2) is 0 Å². The molecule has 0 aliphatic carbocycles. The molecule has 6 heteroatoms. The molecule has 23 heavy (non-hydrogen) atoms. The number of rotatable bonds is 1. The van der Waals surface area contributed by atoms with Crippen LogP contribution in [0.5, 0.6) is 5.75 Å². The van der Waals surface area contributed by atoms with E-state index in [1.807, 2.05) is 18.2 Å². The van der Waals surface area contributed by atoms with Gasteiger partial charge in [-0.2, -0.15) is 13.2 Å². The largest absolute Gasteiger partial charge is 0.493 e. The van der Waals surface area contributed by atoms with Gasteiger partial charge < -0.3 is 10.5 Å². The van der Waals surface area contributed by atoms with Crippen LogP contribution in [-0.2, 0) is 12.6 Å². The first-order valence-electron chi connectivity index (χ1n) is 7.16. The SMILES string of the molecule is CN.FC(F)(F)c1ccc(-c2cccc3c2OCCC3)c(Cl)c1. The number of nitrogens with two attached hydrogens (primary N) is 1. The Morgan fingerprint density at radius 2 is 1.83 bits per heavy atom. The smallest absolute Gasteiger partial charge is 0.416 e. The molecule has 0 amide bonds. The Morgan fingerprint density at radius 3 is 2.48 bits per heavy atom. The molecule has 2 nitrogen and oxygen atoms in total. The van der Waals surface area contributed by atoms with Crippen LogP contribution in [0.25, 0.3) is 11.1 Å². The monoisotopic (exact) mass is 343 g/mol. The predicted molar refractivity (Wildman–Crippen MR) is 85.8 cm³/mol. The molecule has 3 rings (SSSR count). The fourth-order valence-corrected chi connectivity index (χ4v) is 2.79. The van der Waals surface area contributed by atoms with E-state index in [1.165, 1.54) is 13.1 Å². The molecule has 0 saturated heterocycles. The van der Waals surface area contributed by atoms with Crippen LogP contribution in [0.3, 0.4) is 0 Å². The first kappa shape index (κ1) is 17.6. The first-order chi connectivity index (χ1) is 11.0. The van der Waals surface area contributed by atoms with Gasteiger partial charge in [0, 0.05) is 16.1 Å². The Balaban J connectivity index is 0.000000924. The summed E-state index contributed by atoms with van der Waals surface area (Å²) in [6, 6.07) is 9.06. The Labute approximate surface area is 138 Å². The van der Waals surface area contributed by atoms with E-state index >= 15 is 0 Å². The second-order valence-corrected chi connectivity index (χ2v) is 5.35. The number of aryl methyl sites for hydroxylation is 1. The zero-order valence-electron chi connectivity index (χ0n) is 12.6. The highest BCUT2D eigenvalue weighted by Gasteiger charge is 2.31. The molecule has 124 valence electrons. The van der Waals surface area contributed by atoms with Gasteiger partial charge in [-0.1, -0.05) is 35.9 Å². The molecule has 2 aromatic carbocycles. The van der Waals surface area contributed by atoms with E-state index in [-0.39, 0.29) is 5.02 Å². The summed E-state index contributed by atoms with van der Waals surface area (Å²) < 4.78 is 43.8. The van der Waals surface area contributed by atoms with Crippen molar-refractivity contribution in [3.63, 3.8) is 0 Å². The third kappa shape index (κ3) is 3.79. The normalized spacial score (nSPS) is 13.5. The lowest BCUT2D eigenvalue weighted by Crippen LogP contribution is -2.09. The Morgan fingerprint density at radius 1 is 1.09 bits per heavy atom. The van der Waals surface area contributed by atoms with Crippen LogP contribution in [0.2, 0.25) is 5.02 Å². The number of alkyl halides is 3. The van der Waals surface area contributed by atoms with E-state index in [4.69, 9.17) is 16.3 Å². The molecule has 0 bridgehead atoms. The van der Waals surface area contributed by atoms with Crippen molar-refractivity contribution in [2.75, 3.05) is 13.7 Å². The van der Waals surface area contributed by atoms with Crippen molar-refractivity contribution in [3.05, 3.63) is 52.5 Å². The van der Waals surface area contributed by atoms with E-state index in [1.54, 1.807) is 0 Å². The predicted octanol–water partition coefficient (Wildman–Crippen LogP) is 4.93. The summed E-state index contributed by atoms with van der Waals surface area (Å²) in [4.78, 5) is 0. The molecule has 0 saturated carbocycles. The highest BCUT2D eigenvalue weighted by Crippen LogP contribution is 2.41. The van der Waals surface area contributed by atoms with Crippen molar-refractivity contribution in [2.24, 2.45) is 5.73 Å². The van der Waals surface area contributed by atoms with Gasteiger partial charge in [0.25, 0.3) is 0 Å². The molecule has 2 N–H and O–H groups in total. The van der Waals surface area contributed by atoms with E-state index in [0.717, 1.165) is 41.9 Å². The summed E-state index contributed by atoms with van der Waals surface area (Å²) in [6.45, 7) is 0.613. The molecule has 1 aliphatic rings. The summed E-state index contributed by atoms with van der Waals surface area (Å²) in [5.74, 6) is 0.727. The van der Waals surface area contributed by atoms with Crippen LogP contribution in [0.4, 0.5) is 13.2 Å². The van der Waals surface area contributed by atoms with E-state index in [0.29, 0.717) is 12.2 Å². The molecular weight excluding hydrogens is 327 g/mol. The lowest BCUT2D eigenvalue weighted by Gasteiger charge is -2.21. The standard InChI is InChI=1S/C16H12ClF3O.CH5N/c17-14-9-11(16(18,19)20)6-7-12(14)13-5-1-3-10-4-2-8-21-15(10)13;1-2/h1,3,5-7,9H,2,4,8H2;2H2,1H3. The molecule has 1 aliphatic heterocycles. The zero-order valence-corrected chi connectivity index (χ0v) is 13.3. The van der Waals surface area contributed by atoms with Crippen LogP contribution >= 0.6 is 11.6 Å². The van der Waals surface area contributed by atoms with Crippen molar-refractivity contribution in [1.29, 1.82) is 0 Å². The number of halogens is 4. The highest BCUT2D eigenvalue weighted by atomic mass is 35.5. The van der Waals surface area contributed by atoms with Crippen LogP contribution in [-0.4, -0.2) is 13.7 Å². The molecule has 0 spiro atoms. The maximum atomic E-state index is 12.7. The minimum Gasteiger partial charge on any atom is -0.493 e. The van der Waals surface area contributed by atoms with Gasteiger partial charge in [0.15, 0.2) is 0 Å². The average molecular weight is 344 g/mol. The van der Waals surface area contributed by atoms with Gasteiger partial charge in [-0.3, -0.25) is 0 Å². The topological polar surface area (TPSA) is 35.2 Å². The number of benzene rings is 2. The van der Waals surface area contributed by atoms with E-state index in [9.17, 15) is 13.2 Å². The minimum atomic E-state index is -4.39. The molecule has 2 aromatic rings. The van der Waals surface area contributed by atoms with Crippen molar-refractivity contribution in [1.82, 2.24) is 0 Å². The molecule has 1 heterocycles. The van der Waals surface area contributed by atoms with Crippen LogP contribution in [0, 0.1) is 0 Å². The summed E-state index contributed by atoms with van der Waals surface area (Å²) in [5.41, 5.74) is 6.12. The van der Waals surface area contributed by atoms with Crippen LogP contribution in [0.1, 0.15) is 17.5 Å². The van der Waals surface area contributed by atoms with Crippen molar-refractivity contribution < 1.29 is 17.9 Å². The molecule has 0 atom stereocenters. The average Bonchev–Trinajstić information content (AvgIpc) is 2.55. The molecule has 0 unspecified atom stereocenters. The molecule has 0 radical (unpaired) electrons. The van der Waals surface area contributed by atoms with Gasteiger partial charge in [-0.05, 0) is 37.6 Å². The fourth-order valence-electron chi connectivity index (χ4n) is 2.51. The molecule has 0 fully saturated rings. The molecular formula is C17H17ClF3NO. The van der Waals surface area contributed by atoms with Gasteiger partial charge in [-0.15, -0.1) is 0 Å². The van der Waals surface area contributed by atoms with E-state index in [2.05, 4.69) is 5.73 Å². The lowest BCUT2D eigenvalue weighted by atomic mass is 9.97. The van der Waals surface area contributed by atoms with Gasteiger partial charge in [0.1, 0.15) is 5.75 Å². The number of fused-ring (bicyclic) bond motifs is 1. The summed E-state index contributed by atoms with van der Waals surface area (Å²) in [5, 5.41) is 0.0763. The maximum Gasteiger partial charge on any atom is 0.416 e. The highest BCUT2D eigenvalue weighted by molar-refractivity contribution is 6.33. The van der Waals surface area contributed by atoms with Crippen molar-refractivity contribution >= 4 is 11.6 Å². The fraction of sp³-hybridized carbons (Fsp3) is 0.294. The van der Waals surface area contributed by atoms with Crippen LogP contribution < -0.4 is 10.5 Å². The van der Waals surface area contributed by atoms with Crippen molar-refractivity contribution in [2.45, 2.75) is 19.0 Å². The quantitative estimate of drug-likeness (QED) is 0.797. The van der Waals surface area contributed by atoms with Gasteiger partial charge >= 0.3 is 6.18 Å². The second kappa shape index (κ2) is 7.23. The Kier molecular flexibility index (Phi) is 5.55. The first-order valence-corrected chi connectivity index (χ1v) is 7.54. The number of para-hydroxylation sites is 1. The number of hydrogen-bond acceptors (Lipinski definition) is 2. The zero-order chi connectivity index (χ0) is 17.0. The third-order valence-electron chi connectivity index (χ3n) is 3.52. The van der Waals surface area contributed by atoms with Gasteiger partial charge in [0.05, 0.1) is 12.2 Å². The Bertz CT molecular complexity index is 686. The van der Waals surface area contributed by atoms with E-state index < -0.39 is 11.7 Å². The summed E-state index contributed by atoms with van der Waals surface area (Å²) >= 11 is 6.06. The number of hydrogen-bond donors (Lipinski definition) is 1. The maximum absolute atomic E-state index is 12.7.